The van der Waals surface area contributed by atoms with Crippen molar-refractivity contribution in [3.63, 3.8) is 0 Å². The molecule has 4 nitrogen and oxygen atoms in total. The van der Waals surface area contributed by atoms with Crippen molar-refractivity contribution in [3.05, 3.63) is 28.8 Å². The molecule has 1 aliphatic rings. The Labute approximate surface area is 105 Å². The number of Topliss-reactive ketones (excluding diaryl/α,β-unsaturated/α-hetero) is 1. The number of carbonyl (C=O) groups is 1. The molecule has 1 aromatic carbocycles. The number of carbonyl (C=O) groups excluding carboxylic acids is 1. The lowest BCUT2D eigenvalue weighted by atomic mass is 10.1. The van der Waals surface area contributed by atoms with Crippen LogP contribution in [0.5, 0.6) is 0 Å². The fourth-order valence-corrected chi connectivity index (χ4v) is 3.75. The molecule has 0 aliphatic carbocycles. The van der Waals surface area contributed by atoms with Gasteiger partial charge in [-0.3, -0.25) is 9.10 Å². The summed E-state index contributed by atoms with van der Waals surface area (Å²) in [5.74, 6) is 0.0559. The standard InChI is InChI=1S/C11H12ClNO3S/c1-8(14)9-3-4-11(10(12)7-9)13-5-2-6-17(13,15)16/h3-4,7H,2,5-6H2,1H3. The molecule has 1 heterocycles. The number of nitrogens with zero attached hydrogens (tertiary/aromatic N) is 1. The summed E-state index contributed by atoms with van der Waals surface area (Å²) in [5.41, 5.74) is 0.935. The lowest BCUT2D eigenvalue weighted by Crippen LogP contribution is -2.25. The zero-order valence-corrected chi connectivity index (χ0v) is 10.9. The SMILES string of the molecule is CC(=O)c1ccc(N2CCCS2(=O)=O)c(Cl)c1. The second-order valence-corrected chi connectivity index (χ2v) is 6.38. The minimum Gasteiger partial charge on any atom is -0.295 e. The predicted octanol–water partition coefficient (Wildman–Crippen LogP) is 2.08. The zero-order chi connectivity index (χ0) is 12.6. The van der Waals surface area contributed by atoms with Crippen molar-refractivity contribution in [2.75, 3.05) is 16.6 Å². The second-order valence-electron chi connectivity index (χ2n) is 3.96. The average molecular weight is 274 g/mol. The Morgan fingerprint density at radius 2 is 2.12 bits per heavy atom. The van der Waals surface area contributed by atoms with Gasteiger partial charge in [0.1, 0.15) is 0 Å². The summed E-state index contributed by atoms with van der Waals surface area (Å²) in [6.07, 6.45) is 0.604. The Hall–Kier alpha value is -1.07. The third-order valence-electron chi connectivity index (χ3n) is 2.72. The van der Waals surface area contributed by atoms with Crippen LogP contribution in [0.25, 0.3) is 0 Å². The molecule has 0 saturated carbocycles. The Bertz CT molecular complexity index is 568. The van der Waals surface area contributed by atoms with Crippen molar-refractivity contribution in [1.29, 1.82) is 0 Å². The maximum absolute atomic E-state index is 11.7. The first kappa shape index (κ1) is 12.4. The van der Waals surface area contributed by atoms with Crippen LogP contribution in [0.3, 0.4) is 0 Å². The van der Waals surface area contributed by atoms with Crippen LogP contribution < -0.4 is 4.31 Å². The van der Waals surface area contributed by atoms with Gasteiger partial charge in [0.05, 0.1) is 16.5 Å². The highest BCUT2D eigenvalue weighted by Crippen LogP contribution is 2.31. The molecule has 0 amide bonds. The second kappa shape index (κ2) is 4.31. The highest BCUT2D eigenvalue weighted by Gasteiger charge is 2.29. The molecule has 1 aliphatic heterocycles. The van der Waals surface area contributed by atoms with Crippen LogP contribution in [0.2, 0.25) is 5.02 Å². The van der Waals surface area contributed by atoms with Gasteiger partial charge in [-0.05, 0) is 31.5 Å². The number of rotatable bonds is 2. The van der Waals surface area contributed by atoms with E-state index in [0.717, 1.165) is 0 Å². The molecule has 6 heteroatoms. The summed E-state index contributed by atoms with van der Waals surface area (Å²) in [5, 5.41) is 0.295. The van der Waals surface area contributed by atoms with E-state index in [-0.39, 0.29) is 11.5 Å². The topological polar surface area (TPSA) is 54.5 Å². The van der Waals surface area contributed by atoms with Gasteiger partial charge in [0.2, 0.25) is 10.0 Å². The van der Waals surface area contributed by atoms with Crippen molar-refractivity contribution in [3.8, 4) is 0 Å². The number of sulfonamides is 1. The van der Waals surface area contributed by atoms with E-state index in [1.54, 1.807) is 12.1 Å². The predicted molar refractivity (Wildman–Crippen MR) is 67.2 cm³/mol. The zero-order valence-electron chi connectivity index (χ0n) is 9.31. The first-order valence-electron chi connectivity index (χ1n) is 5.23. The molecule has 0 bridgehead atoms. The van der Waals surface area contributed by atoms with Gasteiger partial charge >= 0.3 is 0 Å². The number of ketones is 1. The van der Waals surface area contributed by atoms with E-state index in [1.165, 1.54) is 17.3 Å². The normalized spacial score (nSPS) is 18.4. The smallest absolute Gasteiger partial charge is 0.235 e. The fourth-order valence-electron chi connectivity index (χ4n) is 1.84. The van der Waals surface area contributed by atoms with E-state index in [2.05, 4.69) is 0 Å². The summed E-state index contributed by atoms with van der Waals surface area (Å²) in [4.78, 5) is 11.2. The van der Waals surface area contributed by atoms with Crippen molar-refractivity contribution in [2.24, 2.45) is 0 Å². The lowest BCUT2D eigenvalue weighted by molar-refractivity contribution is 0.101. The summed E-state index contributed by atoms with van der Waals surface area (Å²) in [6.45, 7) is 1.89. The van der Waals surface area contributed by atoms with E-state index in [1.807, 2.05) is 0 Å². The van der Waals surface area contributed by atoms with Gasteiger partial charge in [-0.1, -0.05) is 11.6 Å². The third-order valence-corrected chi connectivity index (χ3v) is 4.88. The van der Waals surface area contributed by atoms with Crippen LogP contribution in [0.1, 0.15) is 23.7 Å². The largest absolute Gasteiger partial charge is 0.295 e. The minimum absolute atomic E-state index is 0.0947. The first-order chi connectivity index (χ1) is 7.92. The summed E-state index contributed by atoms with van der Waals surface area (Å²) in [7, 11) is -3.23. The molecule has 0 unspecified atom stereocenters. The lowest BCUT2D eigenvalue weighted by Gasteiger charge is -2.18. The van der Waals surface area contributed by atoms with Crippen LogP contribution in [0.15, 0.2) is 18.2 Å². The first-order valence-corrected chi connectivity index (χ1v) is 7.21. The summed E-state index contributed by atoms with van der Waals surface area (Å²) >= 11 is 6.02. The van der Waals surface area contributed by atoms with Crippen LogP contribution in [0, 0.1) is 0 Å². The molecule has 17 heavy (non-hydrogen) atoms. The van der Waals surface area contributed by atoms with Crippen molar-refractivity contribution in [1.82, 2.24) is 0 Å². The highest BCUT2D eigenvalue weighted by molar-refractivity contribution is 7.93. The average Bonchev–Trinajstić information content (AvgIpc) is 2.58. The van der Waals surface area contributed by atoms with Crippen molar-refractivity contribution >= 4 is 33.1 Å². The van der Waals surface area contributed by atoms with Crippen LogP contribution in [-0.4, -0.2) is 26.5 Å². The van der Waals surface area contributed by atoms with Crippen molar-refractivity contribution < 1.29 is 13.2 Å². The Balaban J connectivity index is 2.44. The van der Waals surface area contributed by atoms with Gasteiger partial charge in [-0.25, -0.2) is 8.42 Å². The Kier molecular flexibility index (Phi) is 3.14. The van der Waals surface area contributed by atoms with Crippen LogP contribution >= 0.6 is 11.6 Å². The molecule has 0 radical (unpaired) electrons. The van der Waals surface area contributed by atoms with Gasteiger partial charge in [-0.15, -0.1) is 0 Å². The van der Waals surface area contributed by atoms with Gasteiger partial charge in [-0.2, -0.15) is 0 Å². The maximum Gasteiger partial charge on any atom is 0.235 e. The summed E-state index contributed by atoms with van der Waals surface area (Å²) < 4.78 is 24.8. The van der Waals surface area contributed by atoms with Gasteiger partial charge < -0.3 is 0 Å². The fraction of sp³-hybridized carbons (Fsp3) is 0.364. The molecule has 0 aromatic heterocycles. The molecule has 1 aromatic rings. The van der Waals surface area contributed by atoms with Crippen LogP contribution in [0.4, 0.5) is 5.69 Å². The molecule has 0 atom stereocenters. The van der Waals surface area contributed by atoms with Crippen molar-refractivity contribution in [2.45, 2.75) is 13.3 Å². The summed E-state index contributed by atoms with van der Waals surface area (Å²) in [6, 6.07) is 4.69. The quantitative estimate of drug-likeness (QED) is 0.775. The minimum atomic E-state index is -3.23. The molecule has 0 N–H and O–H groups in total. The monoisotopic (exact) mass is 273 g/mol. The highest BCUT2D eigenvalue weighted by atomic mass is 35.5. The molecular formula is C11H12ClNO3S. The molecule has 1 fully saturated rings. The molecule has 1 saturated heterocycles. The van der Waals surface area contributed by atoms with E-state index < -0.39 is 10.0 Å². The van der Waals surface area contributed by atoms with E-state index in [0.29, 0.717) is 29.2 Å². The number of benzene rings is 1. The number of hydrogen-bond donors (Lipinski definition) is 0. The number of halogens is 1. The molecular weight excluding hydrogens is 262 g/mol. The van der Waals surface area contributed by atoms with E-state index >= 15 is 0 Å². The Morgan fingerprint density at radius 1 is 1.41 bits per heavy atom. The maximum atomic E-state index is 11.7. The molecule has 2 rings (SSSR count). The molecule has 92 valence electrons. The molecule has 0 spiro atoms. The van der Waals surface area contributed by atoms with E-state index in [4.69, 9.17) is 11.6 Å². The number of anilines is 1. The Morgan fingerprint density at radius 3 is 2.59 bits per heavy atom. The van der Waals surface area contributed by atoms with E-state index in [9.17, 15) is 13.2 Å². The third kappa shape index (κ3) is 2.30. The van der Waals surface area contributed by atoms with Gasteiger partial charge in [0.25, 0.3) is 0 Å². The van der Waals surface area contributed by atoms with Gasteiger partial charge in [0, 0.05) is 12.1 Å². The number of hydrogen-bond acceptors (Lipinski definition) is 3. The van der Waals surface area contributed by atoms with Gasteiger partial charge in [0.15, 0.2) is 5.78 Å². The van der Waals surface area contributed by atoms with Crippen LogP contribution in [-0.2, 0) is 10.0 Å².